The van der Waals surface area contributed by atoms with E-state index in [9.17, 15) is 21.6 Å². The van der Waals surface area contributed by atoms with Gasteiger partial charge in [0.25, 0.3) is 0 Å². The molecular weight excluding hydrogens is 311 g/mol. The van der Waals surface area contributed by atoms with Crippen molar-refractivity contribution in [3.8, 4) is 0 Å². The maximum absolute atomic E-state index is 12.5. The Morgan fingerprint density at radius 2 is 2.10 bits per heavy atom. The number of hydrogen-bond donors (Lipinski definition) is 1. The van der Waals surface area contributed by atoms with Crippen LogP contribution in [0.4, 0.5) is 13.2 Å². The summed E-state index contributed by atoms with van der Waals surface area (Å²) in [6, 6.07) is 1.19. The van der Waals surface area contributed by atoms with Crippen LogP contribution in [0.25, 0.3) is 0 Å². The number of aliphatic hydroxyl groups excluding tert-OH is 1. The summed E-state index contributed by atoms with van der Waals surface area (Å²) in [4.78, 5) is -0.129. The van der Waals surface area contributed by atoms with Crippen LogP contribution in [-0.2, 0) is 16.6 Å². The highest BCUT2D eigenvalue weighted by molar-refractivity contribution is 7.89. The fourth-order valence-corrected chi connectivity index (χ4v) is 3.69. The van der Waals surface area contributed by atoms with Crippen LogP contribution < -0.4 is 0 Å². The van der Waals surface area contributed by atoms with Gasteiger partial charge < -0.3 is 9.52 Å². The Balaban J connectivity index is 2.26. The van der Waals surface area contributed by atoms with E-state index < -0.39 is 28.4 Å². The summed E-state index contributed by atoms with van der Waals surface area (Å²) in [5.41, 5.74) is -0.714. The number of rotatable bonds is 3. The number of hydrogen-bond acceptors (Lipinski definition) is 4. The molecule has 1 aliphatic heterocycles. The van der Waals surface area contributed by atoms with Gasteiger partial charge in [-0.05, 0) is 13.3 Å². The lowest BCUT2D eigenvalue weighted by Gasteiger charge is -2.26. The quantitative estimate of drug-likeness (QED) is 0.863. The van der Waals surface area contributed by atoms with Gasteiger partial charge in [0.05, 0.1) is 0 Å². The molecule has 0 saturated carbocycles. The molecule has 0 saturated heterocycles. The summed E-state index contributed by atoms with van der Waals surface area (Å²) in [5, 5.41) is 8.94. The topological polar surface area (TPSA) is 70.8 Å². The van der Waals surface area contributed by atoms with Crippen LogP contribution in [0, 0.1) is 6.92 Å². The molecule has 2 heterocycles. The SMILES string of the molecule is Cc1oc(CO)cc1S(=O)(=O)N1CC=C(C(F)(F)F)CC1. The summed E-state index contributed by atoms with van der Waals surface area (Å²) in [6.07, 6.45) is -3.93. The number of aryl methyl sites for hydroxylation is 1. The minimum atomic E-state index is -4.43. The fourth-order valence-electron chi connectivity index (χ4n) is 2.12. The number of aliphatic hydroxyl groups is 1. The van der Waals surface area contributed by atoms with Crippen molar-refractivity contribution >= 4 is 10.0 Å². The number of sulfonamides is 1. The molecule has 0 unspecified atom stereocenters. The molecule has 21 heavy (non-hydrogen) atoms. The first-order valence-corrected chi connectivity index (χ1v) is 7.57. The third kappa shape index (κ3) is 3.14. The summed E-state index contributed by atoms with van der Waals surface area (Å²) in [7, 11) is -3.93. The Bertz CT molecular complexity index is 661. The molecule has 0 aliphatic carbocycles. The van der Waals surface area contributed by atoms with E-state index in [4.69, 9.17) is 9.52 Å². The van der Waals surface area contributed by atoms with Gasteiger partial charge in [-0.3, -0.25) is 0 Å². The van der Waals surface area contributed by atoms with Gasteiger partial charge >= 0.3 is 6.18 Å². The molecule has 0 radical (unpaired) electrons. The molecule has 0 aromatic carbocycles. The van der Waals surface area contributed by atoms with Crippen molar-refractivity contribution in [2.24, 2.45) is 0 Å². The average Bonchev–Trinajstić information content (AvgIpc) is 2.80. The van der Waals surface area contributed by atoms with Crippen LogP contribution in [0.15, 0.2) is 27.0 Å². The smallest absolute Gasteiger partial charge is 0.412 e. The predicted octanol–water partition coefficient (Wildman–Crippen LogP) is 1.96. The van der Waals surface area contributed by atoms with E-state index in [1.165, 1.54) is 13.0 Å². The van der Waals surface area contributed by atoms with E-state index in [0.29, 0.717) is 0 Å². The third-order valence-corrected chi connectivity index (χ3v) is 5.21. The van der Waals surface area contributed by atoms with Gasteiger partial charge in [0, 0.05) is 24.7 Å². The zero-order chi connectivity index (χ0) is 15.8. The zero-order valence-corrected chi connectivity index (χ0v) is 12.0. The first-order chi connectivity index (χ1) is 9.66. The Morgan fingerprint density at radius 3 is 2.52 bits per heavy atom. The summed E-state index contributed by atoms with van der Waals surface area (Å²) < 4.78 is 68.3. The largest absolute Gasteiger partial charge is 0.462 e. The van der Waals surface area contributed by atoms with E-state index in [0.717, 1.165) is 10.4 Å². The van der Waals surface area contributed by atoms with Crippen LogP contribution >= 0.6 is 0 Å². The second-order valence-corrected chi connectivity index (χ2v) is 6.54. The monoisotopic (exact) mass is 325 g/mol. The van der Waals surface area contributed by atoms with Crippen LogP contribution in [0.3, 0.4) is 0 Å². The fraction of sp³-hybridized carbons (Fsp3) is 0.500. The van der Waals surface area contributed by atoms with Crippen molar-refractivity contribution in [3.05, 3.63) is 29.2 Å². The number of halogens is 3. The maximum atomic E-state index is 12.5. The van der Waals surface area contributed by atoms with Crippen molar-refractivity contribution in [1.29, 1.82) is 0 Å². The lowest BCUT2D eigenvalue weighted by atomic mass is 10.1. The second kappa shape index (κ2) is 5.47. The van der Waals surface area contributed by atoms with Gasteiger partial charge in [0.15, 0.2) is 0 Å². The van der Waals surface area contributed by atoms with Gasteiger partial charge in [-0.1, -0.05) is 6.08 Å². The van der Waals surface area contributed by atoms with E-state index in [1.54, 1.807) is 0 Å². The average molecular weight is 325 g/mol. The third-order valence-electron chi connectivity index (χ3n) is 3.23. The number of alkyl halides is 3. The van der Waals surface area contributed by atoms with E-state index >= 15 is 0 Å². The molecule has 5 nitrogen and oxygen atoms in total. The molecule has 0 fully saturated rings. The van der Waals surface area contributed by atoms with Gasteiger partial charge in [0.2, 0.25) is 10.0 Å². The van der Waals surface area contributed by atoms with Crippen molar-refractivity contribution in [1.82, 2.24) is 4.31 Å². The van der Waals surface area contributed by atoms with Crippen LogP contribution in [0.5, 0.6) is 0 Å². The van der Waals surface area contributed by atoms with Gasteiger partial charge in [-0.2, -0.15) is 17.5 Å². The second-order valence-electron chi connectivity index (χ2n) is 4.63. The number of furan rings is 1. The predicted molar refractivity (Wildman–Crippen MR) is 66.9 cm³/mol. The standard InChI is InChI=1S/C12H14F3NO4S/c1-8-11(6-10(7-17)20-8)21(18,19)16-4-2-9(3-5-16)12(13,14)15/h2,6,17H,3-5,7H2,1H3. The van der Waals surface area contributed by atoms with Gasteiger partial charge in [-0.15, -0.1) is 0 Å². The van der Waals surface area contributed by atoms with Crippen molar-refractivity contribution in [3.63, 3.8) is 0 Å². The Kier molecular flexibility index (Phi) is 4.18. The Labute approximate surface area is 119 Å². The minimum Gasteiger partial charge on any atom is -0.462 e. The van der Waals surface area contributed by atoms with Gasteiger partial charge in [0.1, 0.15) is 23.0 Å². The van der Waals surface area contributed by atoms with Crippen LogP contribution in [-0.4, -0.2) is 37.1 Å². The summed E-state index contributed by atoms with van der Waals surface area (Å²) in [5.74, 6) is 0.194. The molecule has 0 amide bonds. The Hall–Kier alpha value is -1.32. The molecule has 0 atom stereocenters. The van der Waals surface area contributed by atoms with E-state index in [1.807, 2.05) is 0 Å². The molecule has 0 bridgehead atoms. The lowest BCUT2D eigenvalue weighted by molar-refractivity contribution is -0.0953. The lowest BCUT2D eigenvalue weighted by Crippen LogP contribution is -2.36. The van der Waals surface area contributed by atoms with Crippen LogP contribution in [0.1, 0.15) is 17.9 Å². The molecule has 1 N–H and O–H groups in total. The molecular formula is C12H14F3NO4S. The van der Waals surface area contributed by atoms with E-state index in [-0.39, 0.29) is 35.9 Å². The molecule has 2 rings (SSSR count). The molecule has 1 aliphatic rings. The van der Waals surface area contributed by atoms with Crippen molar-refractivity contribution in [2.75, 3.05) is 13.1 Å². The van der Waals surface area contributed by atoms with Crippen molar-refractivity contribution < 1.29 is 31.1 Å². The maximum Gasteiger partial charge on any atom is 0.412 e. The summed E-state index contributed by atoms with van der Waals surface area (Å²) >= 11 is 0. The molecule has 0 spiro atoms. The molecule has 118 valence electrons. The molecule has 9 heteroatoms. The molecule has 1 aromatic heterocycles. The van der Waals surface area contributed by atoms with Gasteiger partial charge in [-0.25, -0.2) is 8.42 Å². The Morgan fingerprint density at radius 1 is 1.43 bits per heavy atom. The highest BCUT2D eigenvalue weighted by Crippen LogP contribution is 2.32. The first kappa shape index (κ1) is 16.1. The van der Waals surface area contributed by atoms with E-state index in [2.05, 4.69) is 0 Å². The minimum absolute atomic E-state index is 0.0922. The highest BCUT2D eigenvalue weighted by Gasteiger charge is 2.37. The first-order valence-electron chi connectivity index (χ1n) is 6.13. The molecule has 1 aromatic rings. The number of nitrogens with zero attached hydrogens (tertiary/aromatic N) is 1. The highest BCUT2D eigenvalue weighted by atomic mass is 32.2. The van der Waals surface area contributed by atoms with Crippen LogP contribution in [0.2, 0.25) is 0 Å². The van der Waals surface area contributed by atoms with Crippen molar-refractivity contribution in [2.45, 2.75) is 31.0 Å². The summed E-state index contributed by atoms with van der Waals surface area (Å²) in [6.45, 7) is 0.393. The normalized spacial score (nSPS) is 17.9. The zero-order valence-electron chi connectivity index (χ0n) is 11.1.